The van der Waals surface area contributed by atoms with E-state index in [0.29, 0.717) is 12.2 Å². The van der Waals surface area contributed by atoms with E-state index >= 15 is 0 Å². The second-order valence-corrected chi connectivity index (χ2v) is 6.30. The molecular formula is C19H20FN3O2. The molecule has 130 valence electrons. The molecule has 1 saturated heterocycles. The van der Waals surface area contributed by atoms with E-state index < -0.39 is 5.82 Å². The first kappa shape index (κ1) is 17.0. The second-order valence-electron chi connectivity index (χ2n) is 6.30. The summed E-state index contributed by atoms with van der Waals surface area (Å²) in [4.78, 5) is 25.8. The number of carbonyl (C=O) groups is 2. The molecule has 1 heterocycles. The Morgan fingerprint density at radius 2 is 2.00 bits per heavy atom. The Hall–Kier alpha value is -2.89. The molecule has 0 aliphatic carbocycles. The predicted octanol–water partition coefficient (Wildman–Crippen LogP) is 3.37. The third-order valence-corrected chi connectivity index (χ3v) is 4.21. The number of hydrogen-bond donors (Lipinski definition) is 2. The van der Waals surface area contributed by atoms with Crippen molar-refractivity contribution < 1.29 is 14.0 Å². The summed E-state index contributed by atoms with van der Waals surface area (Å²) in [6, 6.07) is 11.0. The molecular weight excluding hydrogens is 321 g/mol. The molecule has 2 aromatic rings. The maximum atomic E-state index is 13.3. The Morgan fingerprint density at radius 1 is 1.20 bits per heavy atom. The summed E-state index contributed by atoms with van der Waals surface area (Å²) in [5.74, 6) is -0.531. The van der Waals surface area contributed by atoms with Crippen molar-refractivity contribution in [3.05, 3.63) is 59.4 Å². The maximum Gasteiger partial charge on any atom is 0.319 e. The van der Waals surface area contributed by atoms with Gasteiger partial charge in [-0.2, -0.15) is 0 Å². The quantitative estimate of drug-likeness (QED) is 0.899. The SMILES string of the molecule is Cc1ccc(NC(=O)N[C@@H]2CC(=O)N(c3cccc(F)c3)C2)c(C)c1. The highest BCUT2D eigenvalue weighted by Crippen LogP contribution is 2.22. The van der Waals surface area contributed by atoms with Crippen LogP contribution in [-0.2, 0) is 4.79 Å². The molecule has 1 fully saturated rings. The van der Waals surface area contributed by atoms with Crippen molar-refractivity contribution in [2.75, 3.05) is 16.8 Å². The molecule has 3 amide bonds. The molecule has 5 nitrogen and oxygen atoms in total. The van der Waals surface area contributed by atoms with Crippen LogP contribution in [0.2, 0.25) is 0 Å². The number of halogens is 1. The summed E-state index contributed by atoms with van der Waals surface area (Å²) in [6.07, 6.45) is 0.191. The summed E-state index contributed by atoms with van der Waals surface area (Å²) in [6.45, 7) is 4.23. The molecule has 0 spiro atoms. The van der Waals surface area contributed by atoms with E-state index in [4.69, 9.17) is 0 Å². The zero-order valence-corrected chi connectivity index (χ0v) is 14.2. The number of anilines is 2. The summed E-state index contributed by atoms with van der Waals surface area (Å²) in [5, 5.41) is 5.61. The molecule has 0 bridgehead atoms. The van der Waals surface area contributed by atoms with Crippen molar-refractivity contribution in [1.82, 2.24) is 5.32 Å². The fraction of sp³-hybridized carbons (Fsp3) is 0.263. The lowest BCUT2D eigenvalue weighted by molar-refractivity contribution is -0.117. The minimum absolute atomic E-state index is 0.137. The van der Waals surface area contributed by atoms with Crippen molar-refractivity contribution >= 4 is 23.3 Å². The zero-order chi connectivity index (χ0) is 18.0. The molecule has 25 heavy (non-hydrogen) atoms. The average molecular weight is 341 g/mol. The zero-order valence-electron chi connectivity index (χ0n) is 14.2. The van der Waals surface area contributed by atoms with Crippen molar-refractivity contribution in [2.24, 2.45) is 0 Å². The fourth-order valence-electron chi connectivity index (χ4n) is 3.00. The van der Waals surface area contributed by atoms with Gasteiger partial charge in [-0.3, -0.25) is 4.79 Å². The Balaban J connectivity index is 1.62. The maximum absolute atomic E-state index is 13.3. The van der Waals surface area contributed by atoms with Crippen molar-refractivity contribution in [2.45, 2.75) is 26.3 Å². The van der Waals surface area contributed by atoms with Gasteiger partial charge >= 0.3 is 6.03 Å². The molecule has 0 radical (unpaired) electrons. The van der Waals surface area contributed by atoms with Gasteiger partial charge in [0.1, 0.15) is 5.82 Å². The van der Waals surface area contributed by atoms with Crippen molar-refractivity contribution in [3.63, 3.8) is 0 Å². The normalized spacial score (nSPS) is 16.8. The van der Waals surface area contributed by atoms with Crippen LogP contribution >= 0.6 is 0 Å². The van der Waals surface area contributed by atoms with Gasteiger partial charge < -0.3 is 15.5 Å². The van der Waals surface area contributed by atoms with Gasteiger partial charge in [-0.25, -0.2) is 9.18 Å². The van der Waals surface area contributed by atoms with E-state index in [1.54, 1.807) is 12.1 Å². The van der Waals surface area contributed by atoms with E-state index in [0.717, 1.165) is 16.8 Å². The first-order valence-electron chi connectivity index (χ1n) is 8.13. The van der Waals surface area contributed by atoms with Gasteiger partial charge in [0.15, 0.2) is 0 Å². The first-order chi connectivity index (χ1) is 11.9. The number of hydrogen-bond acceptors (Lipinski definition) is 2. The third kappa shape index (κ3) is 3.96. The van der Waals surface area contributed by atoms with Gasteiger partial charge in [-0.05, 0) is 43.7 Å². The number of carbonyl (C=O) groups excluding carboxylic acids is 2. The third-order valence-electron chi connectivity index (χ3n) is 4.21. The summed E-state index contributed by atoms with van der Waals surface area (Å²) in [7, 11) is 0. The highest BCUT2D eigenvalue weighted by atomic mass is 19.1. The van der Waals surface area contributed by atoms with Gasteiger partial charge in [0, 0.05) is 24.3 Å². The van der Waals surface area contributed by atoms with E-state index in [2.05, 4.69) is 10.6 Å². The average Bonchev–Trinajstić information content (AvgIpc) is 2.90. The number of benzene rings is 2. The van der Waals surface area contributed by atoms with E-state index in [1.165, 1.54) is 17.0 Å². The van der Waals surface area contributed by atoms with Crippen LogP contribution in [0.4, 0.5) is 20.6 Å². The topological polar surface area (TPSA) is 61.4 Å². The molecule has 1 aliphatic rings. The summed E-state index contributed by atoms with van der Waals surface area (Å²) < 4.78 is 13.3. The summed E-state index contributed by atoms with van der Waals surface area (Å²) in [5.41, 5.74) is 3.33. The molecule has 6 heteroatoms. The van der Waals surface area contributed by atoms with Crippen LogP contribution in [-0.4, -0.2) is 24.5 Å². The molecule has 2 aromatic carbocycles. The summed E-state index contributed by atoms with van der Waals surface area (Å²) >= 11 is 0. The van der Waals surface area contributed by atoms with Crippen LogP contribution in [0.1, 0.15) is 17.5 Å². The molecule has 0 unspecified atom stereocenters. The lowest BCUT2D eigenvalue weighted by atomic mass is 10.1. The second kappa shape index (κ2) is 6.93. The van der Waals surface area contributed by atoms with E-state index in [1.807, 2.05) is 32.0 Å². The van der Waals surface area contributed by atoms with Crippen LogP contribution in [0, 0.1) is 19.7 Å². The van der Waals surface area contributed by atoms with Crippen molar-refractivity contribution in [1.29, 1.82) is 0 Å². The largest absolute Gasteiger partial charge is 0.333 e. The van der Waals surface area contributed by atoms with Gasteiger partial charge in [0.05, 0.1) is 6.04 Å². The van der Waals surface area contributed by atoms with Crippen molar-refractivity contribution in [3.8, 4) is 0 Å². The number of amides is 3. The minimum atomic E-state index is -0.394. The number of rotatable bonds is 3. The van der Waals surface area contributed by atoms with Gasteiger partial charge in [-0.1, -0.05) is 23.8 Å². The fourth-order valence-corrected chi connectivity index (χ4v) is 3.00. The molecule has 3 rings (SSSR count). The molecule has 0 aromatic heterocycles. The van der Waals surface area contributed by atoms with E-state index in [-0.39, 0.29) is 24.4 Å². The van der Waals surface area contributed by atoms with Crippen LogP contribution in [0.15, 0.2) is 42.5 Å². The van der Waals surface area contributed by atoms with Crippen LogP contribution in [0.3, 0.4) is 0 Å². The predicted molar refractivity (Wildman–Crippen MR) is 95.2 cm³/mol. The minimum Gasteiger partial charge on any atom is -0.333 e. The Kier molecular flexibility index (Phi) is 4.70. The van der Waals surface area contributed by atoms with Gasteiger partial charge in [0.2, 0.25) is 5.91 Å². The van der Waals surface area contributed by atoms with Crippen LogP contribution < -0.4 is 15.5 Å². The Labute approximate surface area is 145 Å². The first-order valence-corrected chi connectivity index (χ1v) is 8.13. The van der Waals surface area contributed by atoms with Gasteiger partial charge in [0.25, 0.3) is 0 Å². The highest BCUT2D eigenvalue weighted by Gasteiger charge is 2.31. The number of nitrogens with one attached hydrogen (secondary N) is 2. The lowest BCUT2D eigenvalue weighted by Gasteiger charge is -2.18. The van der Waals surface area contributed by atoms with Crippen LogP contribution in [0.25, 0.3) is 0 Å². The highest BCUT2D eigenvalue weighted by molar-refractivity contribution is 5.97. The number of nitrogens with zero attached hydrogens (tertiary/aromatic N) is 1. The Morgan fingerprint density at radius 3 is 2.72 bits per heavy atom. The van der Waals surface area contributed by atoms with Crippen LogP contribution in [0.5, 0.6) is 0 Å². The van der Waals surface area contributed by atoms with E-state index in [9.17, 15) is 14.0 Å². The lowest BCUT2D eigenvalue weighted by Crippen LogP contribution is -2.39. The number of aryl methyl sites for hydroxylation is 2. The molecule has 1 aliphatic heterocycles. The molecule has 2 N–H and O–H groups in total. The molecule has 0 saturated carbocycles. The smallest absolute Gasteiger partial charge is 0.319 e. The Bertz CT molecular complexity index is 822. The monoisotopic (exact) mass is 341 g/mol. The standard InChI is InChI=1S/C19H20FN3O2/c1-12-6-7-17(13(2)8-12)22-19(25)21-15-10-18(24)23(11-15)16-5-3-4-14(20)9-16/h3-9,15H,10-11H2,1-2H3,(H2,21,22,25)/t15-/m1/s1. The van der Waals surface area contributed by atoms with Gasteiger partial charge in [-0.15, -0.1) is 0 Å². The molecule has 1 atom stereocenters. The number of urea groups is 1.